The molecule has 86 valence electrons. The van der Waals surface area contributed by atoms with Crippen molar-refractivity contribution in [1.29, 1.82) is 0 Å². The van der Waals surface area contributed by atoms with Gasteiger partial charge >= 0.3 is 5.97 Å². The standard InChI is InChI=1S/C11H12INO3/c1-11(2,12)13-9(14)7-5-3-4-6-8(7)10(15)16/h3-6H,1-2H3,(H,13,14)(H,15,16). The molecule has 2 N–H and O–H groups in total. The number of carbonyl (C=O) groups excluding carboxylic acids is 1. The van der Waals surface area contributed by atoms with Crippen molar-refractivity contribution in [1.82, 2.24) is 5.32 Å². The molecule has 0 saturated heterocycles. The Morgan fingerprint density at radius 2 is 1.75 bits per heavy atom. The smallest absolute Gasteiger partial charge is 0.336 e. The van der Waals surface area contributed by atoms with Crippen LogP contribution in [0.3, 0.4) is 0 Å². The van der Waals surface area contributed by atoms with Gasteiger partial charge in [0.2, 0.25) is 0 Å². The van der Waals surface area contributed by atoms with E-state index in [1.807, 2.05) is 13.8 Å². The Labute approximate surface area is 107 Å². The van der Waals surface area contributed by atoms with Gasteiger partial charge in [0.05, 0.1) is 14.7 Å². The van der Waals surface area contributed by atoms with E-state index in [1.165, 1.54) is 12.1 Å². The van der Waals surface area contributed by atoms with E-state index in [-0.39, 0.29) is 17.0 Å². The highest BCUT2D eigenvalue weighted by Gasteiger charge is 2.20. The highest BCUT2D eigenvalue weighted by Crippen LogP contribution is 2.15. The lowest BCUT2D eigenvalue weighted by molar-refractivity contribution is 0.0690. The summed E-state index contributed by atoms with van der Waals surface area (Å²) in [7, 11) is 0. The van der Waals surface area contributed by atoms with Gasteiger partial charge in [-0.05, 0) is 26.0 Å². The SMILES string of the molecule is CC(C)(I)NC(=O)c1ccccc1C(=O)O. The molecule has 0 saturated carbocycles. The summed E-state index contributed by atoms with van der Waals surface area (Å²) in [5.74, 6) is -1.48. The highest BCUT2D eigenvalue weighted by molar-refractivity contribution is 14.1. The van der Waals surface area contributed by atoms with Crippen LogP contribution in [0.15, 0.2) is 24.3 Å². The molecule has 4 nitrogen and oxygen atoms in total. The number of alkyl halides is 1. The van der Waals surface area contributed by atoms with E-state index < -0.39 is 9.51 Å². The minimum atomic E-state index is -1.10. The second-order valence-corrected chi connectivity index (χ2v) is 6.47. The van der Waals surface area contributed by atoms with E-state index in [4.69, 9.17) is 5.11 Å². The zero-order valence-corrected chi connectivity index (χ0v) is 11.1. The van der Waals surface area contributed by atoms with E-state index in [0.29, 0.717) is 0 Å². The van der Waals surface area contributed by atoms with Crippen molar-refractivity contribution < 1.29 is 14.7 Å². The lowest BCUT2D eigenvalue weighted by Gasteiger charge is -2.19. The first-order chi connectivity index (χ1) is 7.31. The quantitative estimate of drug-likeness (QED) is 0.507. The maximum absolute atomic E-state index is 11.8. The first-order valence-corrected chi connectivity index (χ1v) is 5.73. The molecule has 0 radical (unpaired) electrons. The van der Waals surface area contributed by atoms with Crippen LogP contribution in [0.5, 0.6) is 0 Å². The van der Waals surface area contributed by atoms with Crippen molar-refractivity contribution in [2.45, 2.75) is 17.4 Å². The number of nitrogens with one attached hydrogen (secondary N) is 1. The zero-order valence-electron chi connectivity index (χ0n) is 8.95. The normalized spacial score (nSPS) is 10.9. The summed E-state index contributed by atoms with van der Waals surface area (Å²) < 4.78 is -0.416. The number of aromatic carboxylic acids is 1. The molecule has 0 aliphatic carbocycles. The average molecular weight is 333 g/mol. The molecular formula is C11H12INO3. The minimum Gasteiger partial charge on any atom is -0.478 e. The molecule has 0 bridgehead atoms. The first-order valence-electron chi connectivity index (χ1n) is 4.65. The van der Waals surface area contributed by atoms with Crippen molar-refractivity contribution in [2.24, 2.45) is 0 Å². The molecule has 1 aromatic carbocycles. The lowest BCUT2D eigenvalue weighted by Crippen LogP contribution is -2.38. The summed E-state index contributed by atoms with van der Waals surface area (Å²) in [5, 5.41) is 11.6. The number of hydrogen-bond donors (Lipinski definition) is 2. The van der Waals surface area contributed by atoms with Crippen LogP contribution in [-0.4, -0.2) is 20.5 Å². The van der Waals surface area contributed by atoms with E-state index >= 15 is 0 Å². The van der Waals surface area contributed by atoms with Crippen molar-refractivity contribution in [3.8, 4) is 0 Å². The van der Waals surface area contributed by atoms with Crippen LogP contribution in [0, 0.1) is 0 Å². The summed E-state index contributed by atoms with van der Waals surface area (Å²) >= 11 is 2.07. The molecule has 5 heteroatoms. The van der Waals surface area contributed by atoms with E-state index in [0.717, 1.165) is 0 Å². The molecule has 0 aliphatic rings. The number of carboxylic acids is 1. The van der Waals surface area contributed by atoms with Crippen LogP contribution < -0.4 is 5.32 Å². The molecule has 0 spiro atoms. The Kier molecular flexibility index (Phi) is 3.90. The molecule has 0 aliphatic heterocycles. The largest absolute Gasteiger partial charge is 0.478 e. The fourth-order valence-electron chi connectivity index (χ4n) is 1.20. The van der Waals surface area contributed by atoms with E-state index in [9.17, 15) is 9.59 Å². The molecular weight excluding hydrogens is 321 g/mol. The molecule has 0 aromatic heterocycles. The molecule has 1 aromatic rings. The van der Waals surface area contributed by atoms with Crippen molar-refractivity contribution in [3.63, 3.8) is 0 Å². The lowest BCUT2D eigenvalue weighted by atomic mass is 10.1. The van der Waals surface area contributed by atoms with Crippen LogP contribution in [0.25, 0.3) is 0 Å². The third-order valence-electron chi connectivity index (χ3n) is 1.81. The number of hydrogen-bond acceptors (Lipinski definition) is 2. The number of carboxylic acid groups (broad SMARTS) is 1. The van der Waals surface area contributed by atoms with Crippen molar-refractivity contribution in [3.05, 3.63) is 35.4 Å². The van der Waals surface area contributed by atoms with Crippen LogP contribution in [0.1, 0.15) is 34.6 Å². The highest BCUT2D eigenvalue weighted by atomic mass is 127. The first kappa shape index (κ1) is 13.0. The minimum absolute atomic E-state index is 0.0145. The van der Waals surface area contributed by atoms with Gasteiger partial charge in [0.25, 0.3) is 5.91 Å². The molecule has 0 atom stereocenters. The summed E-state index contributed by atoms with van der Waals surface area (Å²) in [6, 6.07) is 6.15. The van der Waals surface area contributed by atoms with E-state index in [1.54, 1.807) is 12.1 Å². The monoisotopic (exact) mass is 333 g/mol. The fraction of sp³-hybridized carbons (Fsp3) is 0.273. The fourth-order valence-corrected chi connectivity index (χ4v) is 1.45. The predicted octanol–water partition coefficient (Wildman–Crippen LogP) is 2.29. The molecule has 0 unspecified atom stereocenters. The molecule has 1 rings (SSSR count). The maximum atomic E-state index is 11.8. The maximum Gasteiger partial charge on any atom is 0.336 e. The molecule has 0 heterocycles. The summed E-state index contributed by atoms with van der Waals surface area (Å²) in [5.41, 5.74) is 0.195. The Morgan fingerprint density at radius 3 is 2.19 bits per heavy atom. The van der Waals surface area contributed by atoms with Crippen LogP contribution in [-0.2, 0) is 0 Å². The zero-order chi connectivity index (χ0) is 12.3. The van der Waals surface area contributed by atoms with Gasteiger partial charge in [-0.2, -0.15) is 0 Å². The van der Waals surface area contributed by atoms with Gasteiger partial charge in [-0.15, -0.1) is 0 Å². The van der Waals surface area contributed by atoms with E-state index in [2.05, 4.69) is 27.9 Å². The summed E-state index contributed by atoms with van der Waals surface area (Å²) in [6.07, 6.45) is 0. The van der Waals surface area contributed by atoms with Gasteiger partial charge in [-0.3, -0.25) is 4.79 Å². The Hall–Kier alpha value is -1.11. The Balaban J connectivity index is 3.04. The second kappa shape index (κ2) is 4.82. The Bertz CT molecular complexity index is 423. The van der Waals surface area contributed by atoms with Crippen LogP contribution >= 0.6 is 22.6 Å². The molecule has 0 fully saturated rings. The Morgan fingerprint density at radius 1 is 1.25 bits per heavy atom. The van der Waals surface area contributed by atoms with Crippen molar-refractivity contribution >= 4 is 34.5 Å². The summed E-state index contributed by atoms with van der Waals surface area (Å²) in [6.45, 7) is 3.66. The number of amides is 1. The van der Waals surface area contributed by atoms with Gasteiger partial charge in [0.1, 0.15) is 0 Å². The number of carbonyl (C=O) groups is 2. The third-order valence-corrected chi connectivity index (χ3v) is 2.08. The topological polar surface area (TPSA) is 66.4 Å². The van der Waals surface area contributed by atoms with Gasteiger partial charge in [0.15, 0.2) is 0 Å². The van der Waals surface area contributed by atoms with Crippen molar-refractivity contribution in [2.75, 3.05) is 0 Å². The molecule has 16 heavy (non-hydrogen) atoms. The average Bonchev–Trinajstić information content (AvgIpc) is 2.15. The second-order valence-electron chi connectivity index (χ2n) is 3.78. The molecule has 1 amide bonds. The van der Waals surface area contributed by atoms with Crippen LogP contribution in [0.4, 0.5) is 0 Å². The number of benzene rings is 1. The van der Waals surface area contributed by atoms with Crippen LogP contribution in [0.2, 0.25) is 0 Å². The van der Waals surface area contributed by atoms with Gasteiger partial charge < -0.3 is 10.4 Å². The van der Waals surface area contributed by atoms with Gasteiger partial charge in [0, 0.05) is 0 Å². The van der Waals surface area contributed by atoms with Gasteiger partial charge in [-0.25, -0.2) is 4.79 Å². The van der Waals surface area contributed by atoms with Gasteiger partial charge in [-0.1, -0.05) is 34.7 Å². The summed E-state index contributed by atoms with van der Waals surface area (Å²) in [4.78, 5) is 22.7. The predicted molar refractivity (Wildman–Crippen MR) is 69.0 cm³/mol. The number of halogens is 1. The third kappa shape index (κ3) is 3.48. The number of rotatable bonds is 3.